The van der Waals surface area contributed by atoms with Crippen LogP contribution in [-0.2, 0) is 16.0 Å². The van der Waals surface area contributed by atoms with Crippen LogP contribution in [0.3, 0.4) is 0 Å². The molecule has 0 spiro atoms. The predicted molar refractivity (Wildman–Crippen MR) is 54.6 cm³/mol. The third-order valence-corrected chi connectivity index (χ3v) is 2.32. The number of ether oxygens (including phenoxy) is 1. The normalized spacial score (nSPS) is 12.3. The molecule has 0 amide bonds. The highest BCUT2D eigenvalue weighted by Crippen LogP contribution is 2.15. The van der Waals surface area contributed by atoms with Gasteiger partial charge in [-0.05, 0) is 24.5 Å². The van der Waals surface area contributed by atoms with Gasteiger partial charge in [-0.15, -0.1) is 0 Å². The zero-order chi connectivity index (χ0) is 13.0. The first kappa shape index (κ1) is 13.5. The van der Waals surface area contributed by atoms with E-state index in [-0.39, 0.29) is 18.4 Å². The number of benzene rings is 1. The van der Waals surface area contributed by atoms with Gasteiger partial charge in [0.05, 0.1) is 7.11 Å². The van der Waals surface area contributed by atoms with Crippen molar-refractivity contribution in [2.24, 2.45) is 5.73 Å². The molecule has 0 aliphatic carbocycles. The van der Waals surface area contributed by atoms with Gasteiger partial charge in [0, 0.05) is 6.07 Å². The maximum absolute atomic E-state index is 13.2. The lowest BCUT2D eigenvalue weighted by Crippen LogP contribution is -2.32. The van der Waals surface area contributed by atoms with Crippen molar-refractivity contribution in [2.45, 2.75) is 18.9 Å². The molecule has 17 heavy (non-hydrogen) atoms. The maximum Gasteiger partial charge on any atom is 0.322 e. The van der Waals surface area contributed by atoms with Crippen LogP contribution in [0.25, 0.3) is 0 Å². The first-order valence-electron chi connectivity index (χ1n) is 4.92. The van der Waals surface area contributed by atoms with E-state index in [4.69, 9.17) is 5.73 Å². The van der Waals surface area contributed by atoms with Crippen LogP contribution in [0.4, 0.5) is 13.2 Å². The molecule has 0 aromatic heterocycles. The lowest BCUT2D eigenvalue weighted by molar-refractivity contribution is -0.142. The van der Waals surface area contributed by atoms with E-state index < -0.39 is 29.5 Å². The number of aryl methyl sites for hydroxylation is 1. The van der Waals surface area contributed by atoms with Crippen LogP contribution in [-0.4, -0.2) is 19.1 Å². The number of rotatable bonds is 4. The second-order valence-electron chi connectivity index (χ2n) is 3.53. The van der Waals surface area contributed by atoms with E-state index in [1.165, 1.54) is 7.11 Å². The minimum atomic E-state index is -1.25. The highest BCUT2D eigenvalue weighted by Gasteiger charge is 2.16. The summed E-state index contributed by atoms with van der Waals surface area (Å²) in [5, 5.41) is 0. The summed E-state index contributed by atoms with van der Waals surface area (Å²) in [7, 11) is 1.18. The van der Waals surface area contributed by atoms with Crippen molar-refractivity contribution < 1.29 is 22.7 Å². The van der Waals surface area contributed by atoms with E-state index in [1.54, 1.807) is 0 Å². The Morgan fingerprint density at radius 1 is 1.29 bits per heavy atom. The smallest absolute Gasteiger partial charge is 0.322 e. The van der Waals surface area contributed by atoms with Crippen LogP contribution in [0.2, 0.25) is 0 Å². The quantitative estimate of drug-likeness (QED) is 0.648. The molecule has 1 atom stereocenters. The molecule has 6 heteroatoms. The van der Waals surface area contributed by atoms with Gasteiger partial charge in [0.2, 0.25) is 0 Å². The Morgan fingerprint density at radius 3 is 2.47 bits per heavy atom. The summed E-state index contributed by atoms with van der Waals surface area (Å²) in [5.41, 5.74) is 5.40. The minimum Gasteiger partial charge on any atom is -0.468 e. The Bertz CT molecular complexity index is 423. The first-order valence-corrected chi connectivity index (χ1v) is 4.92. The van der Waals surface area contributed by atoms with Crippen molar-refractivity contribution in [2.75, 3.05) is 7.11 Å². The van der Waals surface area contributed by atoms with Gasteiger partial charge in [-0.3, -0.25) is 4.79 Å². The predicted octanol–water partition coefficient (Wildman–Crippen LogP) is 1.54. The molecule has 1 aromatic rings. The highest BCUT2D eigenvalue weighted by atomic mass is 19.2. The Hall–Kier alpha value is -1.56. The number of carbonyl (C=O) groups excluding carboxylic acids is 1. The standard InChI is InChI=1S/C11H12F3NO2/c1-17-11(16)10(15)3-2-6-4-8(13)9(14)5-7(6)12/h4-5,10H,2-3,15H2,1H3. The number of hydrogen-bond donors (Lipinski definition) is 1. The van der Waals surface area contributed by atoms with Crippen molar-refractivity contribution in [3.63, 3.8) is 0 Å². The monoisotopic (exact) mass is 247 g/mol. The second-order valence-corrected chi connectivity index (χ2v) is 3.53. The third kappa shape index (κ3) is 3.45. The van der Waals surface area contributed by atoms with Crippen LogP contribution < -0.4 is 5.73 Å². The molecule has 0 radical (unpaired) electrons. The second kappa shape index (κ2) is 5.67. The summed E-state index contributed by atoms with van der Waals surface area (Å²) >= 11 is 0. The summed E-state index contributed by atoms with van der Waals surface area (Å²) < 4.78 is 43.1. The number of carbonyl (C=O) groups is 1. The van der Waals surface area contributed by atoms with Crippen LogP contribution in [0.15, 0.2) is 12.1 Å². The van der Waals surface area contributed by atoms with Crippen LogP contribution in [0.5, 0.6) is 0 Å². The van der Waals surface area contributed by atoms with Crippen LogP contribution >= 0.6 is 0 Å². The van der Waals surface area contributed by atoms with Crippen molar-refractivity contribution in [3.05, 3.63) is 35.1 Å². The van der Waals surface area contributed by atoms with E-state index >= 15 is 0 Å². The molecule has 1 rings (SSSR count). The van der Waals surface area contributed by atoms with Gasteiger partial charge in [0.25, 0.3) is 0 Å². The third-order valence-electron chi connectivity index (χ3n) is 2.32. The van der Waals surface area contributed by atoms with E-state index in [2.05, 4.69) is 4.74 Å². The average molecular weight is 247 g/mol. The number of nitrogens with two attached hydrogens (primary N) is 1. The summed E-state index contributed by atoms with van der Waals surface area (Å²) in [6, 6.07) is 0.315. The number of esters is 1. The van der Waals surface area contributed by atoms with E-state index in [1.807, 2.05) is 0 Å². The van der Waals surface area contributed by atoms with Gasteiger partial charge in [-0.2, -0.15) is 0 Å². The summed E-state index contributed by atoms with van der Waals surface area (Å²) in [5.74, 6) is -3.87. The minimum absolute atomic E-state index is 0.0248. The van der Waals surface area contributed by atoms with Gasteiger partial charge in [-0.1, -0.05) is 0 Å². The Kier molecular flexibility index (Phi) is 4.51. The largest absolute Gasteiger partial charge is 0.468 e. The molecule has 0 saturated carbocycles. The molecular formula is C11H12F3NO2. The molecule has 0 fully saturated rings. The molecule has 3 nitrogen and oxygen atoms in total. The fourth-order valence-corrected chi connectivity index (χ4v) is 1.34. The molecule has 94 valence electrons. The van der Waals surface area contributed by atoms with Gasteiger partial charge in [-0.25, -0.2) is 13.2 Å². The molecule has 0 bridgehead atoms. The first-order chi connectivity index (χ1) is 7.95. The Labute approximate surface area is 96.4 Å². The Morgan fingerprint density at radius 2 is 1.88 bits per heavy atom. The van der Waals surface area contributed by atoms with Gasteiger partial charge >= 0.3 is 5.97 Å². The highest BCUT2D eigenvalue weighted by molar-refractivity contribution is 5.75. The van der Waals surface area contributed by atoms with Crippen molar-refractivity contribution in [1.82, 2.24) is 0 Å². The molecule has 1 aromatic carbocycles. The summed E-state index contributed by atoms with van der Waals surface area (Å²) in [6.07, 6.45) is 0.119. The number of hydrogen-bond acceptors (Lipinski definition) is 3. The van der Waals surface area contributed by atoms with Gasteiger partial charge in [0.15, 0.2) is 11.6 Å². The molecular weight excluding hydrogens is 235 g/mol. The van der Waals surface area contributed by atoms with Crippen LogP contribution in [0.1, 0.15) is 12.0 Å². The topological polar surface area (TPSA) is 52.3 Å². The van der Waals surface area contributed by atoms with E-state index in [9.17, 15) is 18.0 Å². The molecule has 0 heterocycles. The van der Waals surface area contributed by atoms with Crippen LogP contribution in [0, 0.1) is 17.5 Å². The molecule has 1 unspecified atom stereocenters. The van der Waals surface area contributed by atoms with Gasteiger partial charge in [0.1, 0.15) is 11.9 Å². The molecule has 0 aliphatic rings. The maximum atomic E-state index is 13.2. The lowest BCUT2D eigenvalue weighted by Gasteiger charge is -2.09. The fourth-order valence-electron chi connectivity index (χ4n) is 1.34. The van der Waals surface area contributed by atoms with E-state index in [0.717, 1.165) is 6.07 Å². The summed E-state index contributed by atoms with van der Waals surface area (Å²) in [4.78, 5) is 11.0. The van der Waals surface area contributed by atoms with Gasteiger partial charge < -0.3 is 10.5 Å². The zero-order valence-corrected chi connectivity index (χ0v) is 9.17. The van der Waals surface area contributed by atoms with Crippen molar-refractivity contribution in [3.8, 4) is 0 Å². The van der Waals surface area contributed by atoms with Crippen molar-refractivity contribution >= 4 is 5.97 Å². The SMILES string of the molecule is COC(=O)C(N)CCc1cc(F)c(F)cc1F. The summed E-state index contributed by atoms with van der Waals surface area (Å²) in [6.45, 7) is 0. The molecule has 2 N–H and O–H groups in total. The zero-order valence-electron chi connectivity index (χ0n) is 9.17. The lowest BCUT2D eigenvalue weighted by atomic mass is 10.0. The van der Waals surface area contributed by atoms with Crippen molar-refractivity contribution in [1.29, 1.82) is 0 Å². The number of methoxy groups -OCH3 is 1. The molecule has 0 saturated heterocycles. The fraction of sp³-hybridized carbons (Fsp3) is 0.364. The number of halogens is 3. The molecule has 0 aliphatic heterocycles. The average Bonchev–Trinajstić information content (AvgIpc) is 2.30. The Balaban J connectivity index is 2.70. The van der Waals surface area contributed by atoms with E-state index in [0.29, 0.717) is 6.07 Å².